The van der Waals surface area contributed by atoms with Crippen LogP contribution in [0.2, 0.25) is 0 Å². The van der Waals surface area contributed by atoms with E-state index in [9.17, 15) is 8.42 Å². The van der Waals surface area contributed by atoms with Crippen LogP contribution in [0.25, 0.3) is 0 Å². The van der Waals surface area contributed by atoms with Crippen LogP contribution in [-0.4, -0.2) is 50.4 Å². The molecule has 0 bridgehead atoms. The zero-order valence-electron chi connectivity index (χ0n) is 17.1. The molecule has 1 unspecified atom stereocenters. The predicted octanol–water partition coefficient (Wildman–Crippen LogP) is 3.50. The lowest BCUT2D eigenvalue weighted by atomic mass is 9.95. The van der Waals surface area contributed by atoms with Crippen LogP contribution in [0.15, 0.2) is 47.4 Å². The fourth-order valence-electron chi connectivity index (χ4n) is 4.94. The van der Waals surface area contributed by atoms with Gasteiger partial charge in [0.25, 0.3) is 0 Å². The number of hydrogen-bond acceptors (Lipinski definition) is 4. The van der Waals surface area contributed by atoms with E-state index in [1.807, 2.05) is 12.1 Å². The van der Waals surface area contributed by atoms with E-state index in [1.54, 1.807) is 10.4 Å². The smallest absolute Gasteiger partial charge is 0.243 e. The Kier molecular flexibility index (Phi) is 6.39. The van der Waals surface area contributed by atoms with Gasteiger partial charge in [-0.15, -0.1) is 12.4 Å². The SMILES string of the molecule is Cl.O=S(=O)(c1ccc2c(c1)CCO2)N1CCCC(CN2CCc3ccccc3C2)C1. The van der Waals surface area contributed by atoms with Gasteiger partial charge < -0.3 is 4.74 Å². The number of piperidine rings is 1. The van der Waals surface area contributed by atoms with Gasteiger partial charge in [0.1, 0.15) is 5.75 Å². The van der Waals surface area contributed by atoms with Crippen LogP contribution < -0.4 is 4.74 Å². The first kappa shape index (κ1) is 21.6. The first-order chi connectivity index (χ1) is 14.1. The summed E-state index contributed by atoms with van der Waals surface area (Å²) in [5, 5.41) is 0. The maximum absolute atomic E-state index is 13.3. The number of fused-ring (bicyclic) bond motifs is 2. The minimum atomic E-state index is -3.45. The molecule has 2 aromatic rings. The average Bonchev–Trinajstić information content (AvgIpc) is 3.22. The Bertz CT molecular complexity index is 1010. The summed E-state index contributed by atoms with van der Waals surface area (Å²) in [5.41, 5.74) is 3.88. The van der Waals surface area contributed by atoms with E-state index in [0.717, 1.165) is 56.6 Å². The van der Waals surface area contributed by atoms with E-state index in [2.05, 4.69) is 29.2 Å². The number of sulfonamides is 1. The van der Waals surface area contributed by atoms with Crippen molar-refractivity contribution in [3.05, 3.63) is 59.2 Å². The molecule has 1 fully saturated rings. The van der Waals surface area contributed by atoms with Crippen molar-refractivity contribution in [2.45, 2.75) is 37.1 Å². The Labute approximate surface area is 185 Å². The molecule has 3 heterocycles. The molecule has 7 heteroatoms. The fraction of sp³-hybridized carbons (Fsp3) is 0.478. The monoisotopic (exact) mass is 448 g/mol. The largest absolute Gasteiger partial charge is 0.493 e. The van der Waals surface area contributed by atoms with Crippen molar-refractivity contribution < 1.29 is 13.2 Å². The summed E-state index contributed by atoms with van der Waals surface area (Å²) in [6.07, 6.45) is 3.91. The summed E-state index contributed by atoms with van der Waals surface area (Å²) in [5.74, 6) is 1.22. The van der Waals surface area contributed by atoms with Crippen LogP contribution in [0, 0.1) is 5.92 Å². The molecule has 3 aliphatic heterocycles. The topological polar surface area (TPSA) is 49.9 Å². The molecule has 2 aromatic carbocycles. The van der Waals surface area contributed by atoms with Gasteiger partial charge in [0.15, 0.2) is 0 Å². The Morgan fingerprint density at radius 1 is 1.00 bits per heavy atom. The molecule has 0 N–H and O–H groups in total. The molecule has 0 aromatic heterocycles. The molecule has 1 saturated heterocycles. The lowest BCUT2D eigenvalue weighted by Crippen LogP contribution is -2.44. The Morgan fingerprint density at radius 2 is 1.83 bits per heavy atom. The summed E-state index contributed by atoms with van der Waals surface area (Å²) >= 11 is 0. The standard InChI is InChI=1S/C23H28N2O3S.ClH/c26-29(27,22-7-8-23-20(14-22)10-13-28-23)25-11-3-4-18(16-25)15-24-12-9-19-5-1-2-6-21(19)17-24;/h1-2,5-8,14,18H,3-4,9-13,15-17H2;1H. The molecule has 0 aliphatic carbocycles. The molecule has 30 heavy (non-hydrogen) atoms. The zero-order valence-corrected chi connectivity index (χ0v) is 18.8. The highest BCUT2D eigenvalue weighted by Gasteiger charge is 2.32. The summed E-state index contributed by atoms with van der Waals surface area (Å²) in [4.78, 5) is 2.91. The fourth-order valence-corrected chi connectivity index (χ4v) is 6.55. The number of ether oxygens (including phenoxy) is 1. The van der Waals surface area contributed by atoms with Crippen LogP contribution in [0.4, 0.5) is 0 Å². The van der Waals surface area contributed by atoms with E-state index in [-0.39, 0.29) is 12.4 Å². The van der Waals surface area contributed by atoms with E-state index in [1.165, 1.54) is 11.1 Å². The van der Waals surface area contributed by atoms with Crippen molar-refractivity contribution in [3.8, 4) is 5.75 Å². The Morgan fingerprint density at radius 3 is 2.70 bits per heavy atom. The normalized spacial score (nSPS) is 21.9. The quantitative estimate of drug-likeness (QED) is 0.718. The van der Waals surface area contributed by atoms with E-state index < -0.39 is 10.0 Å². The van der Waals surface area contributed by atoms with Crippen molar-refractivity contribution in [1.29, 1.82) is 0 Å². The lowest BCUT2D eigenvalue weighted by Gasteiger charge is -2.36. The number of nitrogens with zero attached hydrogens (tertiary/aromatic N) is 2. The van der Waals surface area contributed by atoms with Crippen molar-refractivity contribution in [3.63, 3.8) is 0 Å². The molecular formula is C23H29ClN2O3S. The summed E-state index contributed by atoms with van der Waals surface area (Å²) < 4.78 is 33.7. The van der Waals surface area contributed by atoms with Crippen LogP contribution in [-0.2, 0) is 29.4 Å². The second kappa shape index (κ2) is 8.87. The molecule has 5 rings (SSSR count). The van der Waals surface area contributed by atoms with Crippen LogP contribution in [0.5, 0.6) is 5.75 Å². The van der Waals surface area contributed by atoms with Gasteiger partial charge >= 0.3 is 0 Å². The summed E-state index contributed by atoms with van der Waals surface area (Å²) in [6, 6.07) is 14.0. The third-order valence-corrected chi connectivity index (χ3v) is 8.37. The number of rotatable bonds is 4. The van der Waals surface area contributed by atoms with E-state index in [0.29, 0.717) is 30.5 Å². The number of hydrogen-bond donors (Lipinski definition) is 0. The van der Waals surface area contributed by atoms with Crippen molar-refractivity contribution in [2.75, 3.05) is 32.8 Å². The Balaban J connectivity index is 0.00000218. The molecule has 162 valence electrons. The predicted molar refractivity (Wildman–Crippen MR) is 120 cm³/mol. The molecule has 1 atom stereocenters. The molecule has 3 aliphatic rings. The second-order valence-corrected chi connectivity index (χ2v) is 10.4. The van der Waals surface area contributed by atoms with Gasteiger partial charge in [0.05, 0.1) is 11.5 Å². The van der Waals surface area contributed by atoms with Gasteiger partial charge in [-0.3, -0.25) is 4.90 Å². The maximum atomic E-state index is 13.3. The minimum absolute atomic E-state index is 0. The van der Waals surface area contributed by atoms with Crippen molar-refractivity contribution in [2.24, 2.45) is 5.92 Å². The first-order valence-electron chi connectivity index (χ1n) is 10.6. The van der Waals surface area contributed by atoms with Crippen molar-refractivity contribution in [1.82, 2.24) is 9.21 Å². The van der Waals surface area contributed by atoms with Gasteiger partial charge in [-0.05, 0) is 60.1 Å². The number of halogens is 1. The molecule has 0 spiro atoms. The van der Waals surface area contributed by atoms with Gasteiger partial charge in [0.2, 0.25) is 10.0 Å². The van der Waals surface area contributed by atoms with Gasteiger partial charge in [-0.2, -0.15) is 4.31 Å². The third kappa shape index (κ3) is 4.24. The first-order valence-corrected chi connectivity index (χ1v) is 12.1. The summed E-state index contributed by atoms with van der Waals surface area (Å²) in [7, 11) is -3.45. The highest BCUT2D eigenvalue weighted by atomic mass is 35.5. The molecular weight excluding hydrogens is 420 g/mol. The highest BCUT2D eigenvalue weighted by Crippen LogP contribution is 2.31. The highest BCUT2D eigenvalue weighted by molar-refractivity contribution is 7.89. The lowest BCUT2D eigenvalue weighted by molar-refractivity contribution is 0.167. The number of benzene rings is 2. The van der Waals surface area contributed by atoms with Gasteiger partial charge in [-0.25, -0.2) is 8.42 Å². The van der Waals surface area contributed by atoms with Crippen LogP contribution in [0.3, 0.4) is 0 Å². The van der Waals surface area contributed by atoms with Crippen LogP contribution >= 0.6 is 12.4 Å². The zero-order chi connectivity index (χ0) is 19.8. The summed E-state index contributed by atoms with van der Waals surface area (Å²) in [6.45, 7) is 4.89. The third-order valence-electron chi connectivity index (χ3n) is 6.51. The average molecular weight is 449 g/mol. The van der Waals surface area contributed by atoms with Crippen molar-refractivity contribution >= 4 is 22.4 Å². The van der Waals surface area contributed by atoms with Gasteiger partial charge in [-0.1, -0.05) is 24.3 Å². The van der Waals surface area contributed by atoms with Crippen LogP contribution in [0.1, 0.15) is 29.5 Å². The molecule has 0 radical (unpaired) electrons. The minimum Gasteiger partial charge on any atom is -0.493 e. The van der Waals surface area contributed by atoms with E-state index >= 15 is 0 Å². The molecule has 5 nitrogen and oxygen atoms in total. The van der Waals surface area contributed by atoms with E-state index in [4.69, 9.17) is 4.74 Å². The second-order valence-electron chi connectivity index (χ2n) is 8.49. The van der Waals surface area contributed by atoms with Gasteiger partial charge in [0, 0.05) is 39.1 Å². The molecule has 0 amide bonds. The molecule has 0 saturated carbocycles. The maximum Gasteiger partial charge on any atom is 0.243 e. The Hall–Kier alpha value is -1.60.